The molecule has 1 aromatic carbocycles. The summed E-state index contributed by atoms with van der Waals surface area (Å²) in [5.41, 5.74) is 0.876. The number of esters is 1. The van der Waals surface area contributed by atoms with Gasteiger partial charge in [-0.25, -0.2) is 0 Å². The summed E-state index contributed by atoms with van der Waals surface area (Å²) in [6.07, 6.45) is 4.48. The average molecular weight is 381 g/mol. The summed E-state index contributed by atoms with van der Waals surface area (Å²) in [6, 6.07) is 7.17. The summed E-state index contributed by atoms with van der Waals surface area (Å²) < 4.78 is 5.05. The van der Waals surface area contributed by atoms with Gasteiger partial charge < -0.3 is 9.64 Å². The Hall–Kier alpha value is -1.92. The number of nitrogens with zero attached hydrogens (tertiary/aromatic N) is 1. The highest BCUT2D eigenvalue weighted by Gasteiger charge is 2.27. The van der Waals surface area contributed by atoms with Crippen LogP contribution in [0, 0.1) is 5.92 Å². The molecule has 0 spiro atoms. The molecule has 0 unspecified atom stereocenters. The van der Waals surface area contributed by atoms with Crippen LogP contribution in [0.2, 0.25) is 5.02 Å². The molecule has 2 rings (SSSR count). The van der Waals surface area contributed by atoms with Gasteiger partial charge in [-0.05, 0) is 55.8 Å². The van der Waals surface area contributed by atoms with Gasteiger partial charge in [0, 0.05) is 24.2 Å². The zero-order valence-electron chi connectivity index (χ0n) is 14.0. The normalized spacial score (nSPS) is 15.2. The number of carbonyl (C=O) groups is 2. The van der Waals surface area contributed by atoms with Crippen molar-refractivity contribution < 1.29 is 14.3 Å². The number of hydrogen-bond donors (Lipinski definition) is 1. The Balaban J connectivity index is 1.79. The molecular weight excluding hydrogens is 360 g/mol. The summed E-state index contributed by atoms with van der Waals surface area (Å²) in [7, 11) is 0. The number of hydrogen-bond acceptors (Lipinski definition) is 4. The molecule has 0 radical (unpaired) electrons. The van der Waals surface area contributed by atoms with Crippen molar-refractivity contribution in [2.75, 3.05) is 19.7 Å². The fourth-order valence-corrected chi connectivity index (χ4v) is 2.96. The Bertz CT molecular complexity index is 653. The van der Waals surface area contributed by atoms with Crippen LogP contribution in [0.5, 0.6) is 0 Å². The molecule has 1 amide bonds. The number of piperidine rings is 1. The molecule has 0 bridgehead atoms. The molecule has 1 aromatic rings. The van der Waals surface area contributed by atoms with E-state index in [-0.39, 0.29) is 17.8 Å². The first-order chi connectivity index (χ1) is 12.0. The zero-order chi connectivity index (χ0) is 18.2. The van der Waals surface area contributed by atoms with Gasteiger partial charge in [-0.15, -0.1) is 0 Å². The maximum Gasteiger partial charge on any atom is 0.309 e. The van der Waals surface area contributed by atoms with Crippen LogP contribution in [-0.4, -0.2) is 41.6 Å². The lowest BCUT2D eigenvalue weighted by atomic mass is 9.97. The van der Waals surface area contributed by atoms with Crippen molar-refractivity contribution in [1.82, 2.24) is 10.2 Å². The predicted octanol–water partition coefficient (Wildman–Crippen LogP) is 3.03. The van der Waals surface area contributed by atoms with E-state index in [9.17, 15) is 9.59 Å². The summed E-state index contributed by atoms with van der Waals surface area (Å²) >= 11 is 11.1. The summed E-state index contributed by atoms with van der Waals surface area (Å²) in [4.78, 5) is 25.6. The minimum atomic E-state index is -0.285. The molecule has 1 N–H and O–H groups in total. The Morgan fingerprint density at radius 1 is 1.32 bits per heavy atom. The lowest BCUT2D eigenvalue weighted by molar-refractivity contribution is -0.149. The lowest BCUT2D eigenvalue weighted by Crippen LogP contribution is -2.46. The maximum absolute atomic E-state index is 12.0. The van der Waals surface area contributed by atoms with E-state index in [0.29, 0.717) is 42.7 Å². The molecule has 1 heterocycles. The first kappa shape index (κ1) is 19.4. The molecule has 0 saturated carbocycles. The number of nitrogens with one attached hydrogen (secondary N) is 1. The third-order valence-corrected chi connectivity index (χ3v) is 4.54. The van der Waals surface area contributed by atoms with Crippen LogP contribution in [0.4, 0.5) is 0 Å². The molecular formula is C18H21ClN2O3S. The monoisotopic (exact) mass is 380 g/mol. The number of ether oxygens (including phenoxy) is 1. The summed E-state index contributed by atoms with van der Waals surface area (Å²) in [5, 5.41) is 3.72. The van der Waals surface area contributed by atoms with Gasteiger partial charge in [0.2, 0.25) is 5.91 Å². The standard InChI is InChI=1S/C18H21ClN2O3S/c1-2-24-17(23)14-9-11-21(12-10-14)18(25)20-16(22)8-5-13-3-6-15(19)7-4-13/h3-8,14H,2,9-12H2,1H3,(H,20,22,25)/b8-5+. The van der Waals surface area contributed by atoms with Gasteiger partial charge in [0.1, 0.15) is 0 Å². The van der Waals surface area contributed by atoms with Gasteiger partial charge >= 0.3 is 5.97 Å². The number of halogens is 1. The van der Waals surface area contributed by atoms with Gasteiger partial charge in [0.25, 0.3) is 0 Å². The molecule has 0 aliphatic carbocycles. The third kappa shape index (κ3) is 6.14. The molecule has 5 nitrogen and oxygen atoms in total. The highest BCUT2D eigenvalue weighted by Crippen LogP contribution is 2.18. The number of carbonyl (C=O) groups excluding carboxylic acids is 2. The van der Waals surface area contributed by atoms with Crippen molar-refractivity contribution in [3.63, 3.8) is 0 Å². The van der Waals surface area contributed by atoms with Gasteiger partial charge in [0.05, 0.1) is 12.5 Å². The first-order valence-corrected chi connectivity index (χ1v) is 8.98. The van der Waals surface area contributed by atoms with Crippen LogP contribution in [0.15, 0.2) is 30.3 Å². The molecule has 1 aliphatic heterocycles. The molecule has 0 atom stereocenters. The minimum absolute atomic E-state index is 0.0838. The molecule has 1 aliphatic rings. The van der Waals surface area contributed by atoms with Gasteiger partial charge in [-0.3, -0.25) is 14.9 Å². The number of benzene rings is 1. The highest BCUT2D eigenvalue weighted by atomic mass is 35.5. The number of likely N-dealkylation sites (tertiary alicyclic amines) is 1. The van der Waals surface area contributed by atoms with E-state index in [1.54, 1.807) is 25.1 Å². The number of thiocarbonyl (C=S) groups is 1. The maximum atomic E-state index is 12.0. The van der Waals surface area contributed by atoms with Crippen LogP contribution in [0.25, 0.3) is 6.08 Å². The Labute approximate surface area is 158 Å². The third-order valence-electron chi connectivity index (χ3n) is 3.93. The highest BCUT2D eigenvalue weighted by molar-refractivity contribution is 7.80. The van der Waals surface area contributed by atoms with E-state index in [0.717, 1.165) is 5.56 Å². The Morgan fingerprint density at radius 3 is 2.56 bits per heavy atom. The molecule has 1 saturated heterocycles. The SMILES string of the molecule is CCOC(=O)C1CCN(C(=S)NC(=O)/C=C/c2ccc(Cl)cc2)CC1. The largest absolute Gasteiger partial charge is 0.466 e. The van der Waals surface area contributed by atoms with E-state index < -0.39 is 0 Å². The van der Waals surface area contributed by atoms with Crippen LogP contribution < -0.4 is 5.32 Å². The second-order valence-corrected chi connectivity index (χ2v) is 6.52. The molecule has 1 fully saturated rings. The average Bonchev–Trinajstić information content (AvgIpc) is 2.61. The number of amides is 1. The van der Waals surface area contributed by atoms with Crippen molar-refractivity contribution in [2.24, 2.45) is 5.92 Å². The van der Waals surface area contributed by atoms with E-state index in [1.165, 1.54) is 6.08 Å². The second-order valence-electron chi connectivity index (χ2n) is 5.69. The smallest absolute Gasteiger partial charge is 0.309 e. The molecule has 25 heavy (non-hydrogen) atoms. The summed E-state index contributed by atoms with van der Waals surface area (Å²) in [6.45, 7) is 3.45. The predicted molar refractivity (Wildman–Crippen MR) is 102 cm³/mol. The number of rotatable bonds is 4. The van der Waals surface area contributed by atoms with E-state index >= 15 is 0 Å². The van der Waals surface area contributed by atoms with E-state index in [2.05, 4.69) is 5.32 Å². The van der Waals surface area contributed by atoms with E-state index in [4.69, 9.17) is 28.6 Å². The van der Waals surface area contributed by atoms with E-state index in [1.807, 2.05) is 17.0 Å². The lowest BCUT2D eigenvalue weighted by Gasteiger charge is -2.32. The van der Waals surface area contributed by atoms with Crippen LogP contribution >= 0.6 is 23.8 Å². The first-order valence-electron chi connectivity index (χ1n) is 8.19. The summed E-state index contributed by atoms with van der Waals surface area (Å²) in [5.74, 6) is -0.519. The fraction of sp³-hybridized carbons (Fsp3) is 0.389. The van der Waals surface area contributed by atoms with Crippen molar-refractivity contribution >= 4 is 46.9 Å². The Morgan fingerprint density at radius 2 is 1.96 bits per heavy atom. The van der Waals surface area contributed by atoms with Crippen LogP contribution in [0.3, 0.4) is 0 Å². The van der Waals surface area contributed by atoms with Crippen molar-refractivity contribution in [3.8, 4) is 0 Å². The molecule has 7 heteroatoms. The fourth-order valence-electron chi connectivity index (χ4n) is 2.55. The van der Waals surface area contributed by atoms with Crippen molar-refractivity contribution in [3.05, 3.63) is 40.9 Å². The molecule has 0 aromatic heterocycles. The minimum Gasteiger partial charge on any atom is -0.466 e. The van der Waals surface area contributed by atoms with Crippen LogP contribution in [-0.2, 0) is 14.3 Å². The van der Waals surface area contributed by atoms with Gasteiger partial charge in [-0.1, -0.05) is 23.7 Å². The molecule has 134 valence electrons. The van der Waals surface area contributed by atoms with Gasteiger partial charge in [-0.2, -0.15) is 0 Å². The Kier molecular flexibility index (Phi) is 7.40. The van der Waals surface area contributed by atoms with Crippen molar-refractivity contribution in [1.29, 1.82) is 0 Å². The topological polar surface area (TPSA) is 58.6 Å². The quantitative estimate of drug-likeness (QED) is 0.494. The van der Waals surface area contributed by atoms with Crippen LogP contribution in [0.1, 0.15) is 25.3 Å². The zero-order valence-corrected chi connectivity index (χ0v) is 15.6. The van der Waals surface area contributed by atoms with Crippen molar-refractivity contribution in [2.45, 2.75) is 19.8 Å². The van der Waals surface area contributed by atoms with Gasteiger partial charge in [0.15, 0.2) is 5.11 Å². The second kappa shape index (κ2) is 9.53.